The summed E-state index contributed by atoms with van der Waals surface area (Å²) in [5.74, 6) is 0. The van der Waals surface area contributed by atoms with Crippen molar-refractivity contribution in [2.75, 3.05) is 25.0 Å². The van der Waals surface area contributed by atoms with Crippen molar-refractivity contribution in [2.45, 2.75) is 39.0 Å². The van der Waals surface area contributed by atoms with Crippen LogP contribution in [0.5, 0.6) is 0 Å². The second-order valence-corrected chi connectivity index (χ2v) is 7.25. The van der Waals surface area contributed by atoms with E-state index in [9.17, 15) is 0 Å². The lowest BCUT2D eigenvalue weighted by Crippen LogP contribution is -2.39. The highest BCUT2D eigenvalue weighted by Crippen LogP contribution is 2.33. The number of rotatable bonds is 1. The van der Waals surface area contributed by atoms with E-state index in [1.807, 2.05) is 0 Å². The first-order valence-electron chi connectivity index (χ1n) is 9.34. The second kappa shape index (κ2) is 5.44. The van der Waals surface area contributed by atoms with Gasteiger partial charge in [-0.2, -0.15) is 0 Å². The zero-order valence-electron chi connectivity index (χ0n) is 14.4. The number of hydrogen-bond donors (Lipinski definition) is 1. The Balaban J connectivity index is 1.70. The van der Waals surface area contributed by atoms with E-state index in [-0.39, 0.29) is 0 Å². The summed E-state index contributed by atoms with van der Waals surface area (Å²) < 4.78 is 2.52. The average Bonchev–Trinajstić information content (AvgIpc) is 2.62. The number of nitrogens with one attached hydrogen (secondary N) is 1. The number of fused-ring (bicyclic) bond motifs is 4. The highest BCUT2D eigenvalue weighted by Gasteiger charge is 2.20. The lowest BCUT2D eigenvalue weighted by Gasteiger charge is -2.22. The van der Waals surface area contributed by atoms with Crippen LogP contribution in [0.15, 0.2) is 29.3 Å². The molecule has 122 valence electrons. The third kappa shape index (κ3) is 2.18. The van der Waals surface area contributed by atoms with Crippen LogP contribution in [0.3, 0.4) is 0 Å². The minimum absolute atomic E-state index is 1.01. The molecule has 0 amide bonds. The van der Waals surface area contributed by atoms with Gasteiger partial charge >= 0.3 is 0 Å². The zero-order chi connectivity index (χ0) is 16.1. The molecule has 0 radical (unpaired) electrons. The van der Waals surface area contributed by atoms with E-state index in [1.165, 1.54) is 76.6 Å². The molecule has 3 heterocycles. The van der Waals surface area contributed by atoms with E-state index in [0.717, 1.165) is 19.5 Å². The van der Waals surface area contributed by atoms with Gasteiger partial charge in [0.2, 0.25) is 5.36 Å². The van der Waals surface area contributed by atoms with Crippen LogP contribution in [0.25, 0.3) is 0 Å². The first-order chi connectivity index (χ1) is 11.8. The quantitative estimate of drug-likeness (QED) is 0.685. The predicted molar refractivity (Wildman–Crippen MR) is 97.9 cm³/mol. The molecule has 0 saturated heterocycles. The monoisotopic (exact) mass is 318 g/mol. The van der Waals surface area contributed by atoms with Crippen LogP contribution in [-0.4, -0.2) is 19.6 Å². The minimum Gasteiger partial charge on any atom is -0.385 e. The Kier molecular flexibility index (Phi) is 3.22. The zero-order valence-corrected chi connectivity index (χ0v) is 14.4. The van der Waals surface area contributed by atoms with Gasteiger partial charge in [0, 0.05) is 36.7 Å². The molecule has 24 heavy (non-hydrogen) atoms. The molecule has 0 bridgehead atoms. The summed E-state index contributed by atoms with van der Waals surface area (Å²) in [6.45, 7) is 5.63. The van der Waals surface area contributed by atoms with Crippen LogP contribution in [0, 0.1) is 0 Å². The van der Waals surface area contributed by atoms with E-state index in [1.54, 1.807) is 0 Å². The van der Waals surface area contributed by atoms with Gasteiger partial charge in [0.05, 0.1) is 11.0 Å². The van der Waals surface area contributed by atoms with Crippen LogP contribution < -0.4 is 20.6 Å². The normalized spacial score (nSPS) is 17.8. The third-order valence-corrected chi connectivity index (χ3v) is 5.74. The SMILES string of the molecule is CC[N+]1=c2cc3c(cc2CCC1)=Nc1cc2c(cc1C3)NCCC2. The molecule has 3 nitrogen and oxygen atoms in total. The van der Waals surface area contributed by atoms with Gasteiger partial charge in [0.1, 0.15) is 13.1 Å². The van der Waals surface area contributed by atoms with E-state index >= 15 is 0 Å². The Morgan fingerprint density at radius 1 is 1.00 bits per heavy atom. The van der Waals surface area contributed by atoms with Gasteiger partial charge in [-0.1, -0.05) is 0 Å². The van der Waals surface area contributed by atoms with Gasteiger partial charge in [-0.15, -0.1) is 0 Å². The molecule has 0 atom stereocenters. The summed E-state index contributed by atoms with van der Waals surface area (Å²) in [7, 11) is 0. The Morgan fingerprint density at radius 3 is 2.83 bits per heavy atom. The third-order valence-electron chi connectivity index (χ3n) is 5.74. The van der Waals surface area contributed by atoms with Crippen molar-refractivity contribution in [1.29, 1.82) is 0 Å². The van der Waals surface area contributed by atoms with E-state index in [4.69, 9.17) is 4.99 Å². The Morgan fingerprint density at radius 2 is 1.92 bits per heavy atom. The summed E-state index contributed by atoms with van der Waals surface area (Å²) in [5, 5.41) is 6.19. The van der Waals surface area contributed by atoms with Crippen molar-refractivity contribution in [3.8, 4) is 0 Å². The summed E-state index contributed by atoms with van der Waals surface area (Å²) in [6.07, 6.45) is 5.86. The molecule has 3 aliphatic rings. The number of anilines is 1. The molecule has 1 N–H and O–H groups in total. The fourth-order valence-corrected chi connectivity index (χ4v) is 4.44. The fraction of sp³-hybridized carbons (Fsp3) is 0.429. The van der Waals surface area contributed by atoms with Gasteiger partial charge in [0.15, 0.2) is 0 Å². The van der Waals surface area contributed by atoms with Crippen LogP contribution in [0.1, 0.15) is 42.0 Å². The predicted octanol–water partition coefficient (Wildman–Crippen LogP) is 2.36. The van der Waals surface area contributed by atoms with Crippen molar-refractivity contribution in [1.82, 2.24) is 4.58 Å². The lowest BCUT2D eigenvalue weighted by atomic mass is 9.92. The molecule has 0 aromatic heterocycles. The molecule has 5 rings (SSSR count). The first kappa shape index (κ1) is 14.2. The standard InChI is InChI=1S/C21H23N3/c1-2-24-8-4-6-15-11-20-17(13-21(15)24)9-16-12-18-14(5-3-7-22-18)10-19(16)23-20/h10-13H,2-9H2,1H3/p+1. The first-order valence-corrected chi connectivity index (χ1v) is 9.34. The van der Waals surface area contributed by atoms with E-state index in [2.05, 4.69) is 41.1 Å². The summed E-state index contributed by atoms with van der Waals surface area (Å²) in [6, 6.07) is 9.42. The van der Waals surface area contributed by atoms with Crippen LogP contribution in [-0.2, 0) is 19.3 Å². The van der Waals surface area contributed by atoms with E-state index < -0.39 is 0 Å². The Hall–Kier alpha value is -2.16. The summed E-state index contributed by atoms with van der Waals surface area (Å²) in [5.41, 5.74) is 8.18. The second-order valence-electron chi connectivity index (χ2n) is 7.25. The maximum Gasteiger partial charge on any atom is 0.203 e. The molecule has 2 aromatic carbocycles. The molecule has 3 heteroatoms. The van der Waals surface area contributed by atoms with Gasteiger partial charge in [-0.05, 0) is 61.1 Å². The van der Waals surface area contributed by atoms with Crippen LogP contribution in [0.4, 0.5) is 11.4 Å². The topological polar surface area (TPSA) is 27.4 Å². The van der Waals surface area contributed by atoms with E-state index in [0.29, 0.717) is 0 Å². The molecule has 0 aliphatic carbocycles. The maximum atomic E-state index is 5.03. The van der Waals surface area contributed by atoms with Gasteiger partial charge < -0.3 is 5.32 Å². The van der Waals surface area contributed by atoms with Gasteiger partial charge in [0.25, 0.3) is 0 Å². The van der Waals surface area contributed by atoms with Crippen molar-refractivity contribution in [3.05, 3.63) is 57.2 Å². The minimum atomic E-state index is 1.01. The number of hydrogen-bond acceptors (Lipinski definition) is 2. The van der Waals surface area contributed by atoms with Crippen molar-refractivity contribution in [2.24, 2.45) is 4.99 Å². The highest BCUT2D eigenvalue weighted by atomic mass is 15.0. The van der Waals surface area contributed by atoms with Gasteiger partial charge in [-0.3, -0.25) is 0 Å². The van der Waals surface area contributed by atoms with Crippen LogP contribution >= 0.6 is 0 Å². The fourth-order valence-electron chi connectivity index (χ4n) is 4.44. The molecule has 0 fully saturated rings. The summed E-state index contributed by atoms with van der Waals surface area (Å²) >= 11 is 0. The molecule has 2 aromatic rings. The summed E-state index contributed by atoms with van der Waals surface area (Å²) in [4.78, 5) is 5.03. The number of nitrogens with zero attached hydrogens (tertiary/aromatic N) is 2. The molecular formula is C21H24N3+. The Labute approximate surface area is 142 Å². The van der Waals surface area contributed by atoms with Crippen molar-refractivity contribution < 1.29 is 0 Å². The van der Waals surface area contributed by atoms with Crippen LogP contribution in [0.2, 0.25) is 0 Å². The molecule has 3 aliphatic heterocycles. The molecular weight excluding hydrogens is 294 g/mol. The average molecular weight is 318 g/mol. The highest BCUT2D eigenvalue weighted by molar-refractivity contribution is 5.65. The molecule has 0 unspecified atom stereocenters. The lowest BCUT2D eigenvalue weighted by molar-refractivity contribution is 0.538. The largest absolute Gasteiger partial charge is 0.385 e. The molecule has 0 spiro atoms. The maximum absolute atomic E-state index is 5.03. The smallest absolute Gasteiger partial charge is 0.203 e. The van der Waals surface area contributed by atoms with Crippen molar-refractivity contribution in [3.63, 3.8) is 0 Å². The van der Waals surface area contributed by atoms with Gasteiger partial charge in [-0.25, -0.2) is 9.57 Å². The Bertz CT molecular complexity index is 956. The molecule has 0 saturated carbocycles. The van der Waals surface area contributed by atoms with Crippen molar-refractivity contribution >= 4 is 11.4 Å². The number of benzene rings is 2. The number of aryl methyl sites for hydroxylation is 2.